The van der Waals surface area contributed by atoms with Crippen LogP contribution in [0.2, 0.25) is 0 Å². The van der Waals surface area contributed by atoms with Crippen LogP contribution < -0.4 is 5.32 Å². The topological polar surface area (TPSA) is 68.3 Å². The van der Waals surface area contributed by atoms with Crippen molar-refractivity contribution in [3.8, 4) is 0 Å². The van der Waals surface area contributed by atoms with Gasteiger partial charge in [0, 0.05) is 18.3 Å². The first-order chi connectivity index (χ1) is 11.1. The Morgan fingerprint density at radius 2 is 2.13 bits per heavy atom. The van der Waals surface area contributed by atoms with Crippen molar-refractivity contribution in [3.63, 3.8) is 0 Å². The van der Waals surface area contributed by atoms with Gasteiger partial charge >= 0.3 is 5.97 Å². The Bertz CT molecular complexity index is 646. The van der Waals surface area contributed by atoms with Gasteiger partial charge in [0.05, 0.1) is 19.2 Å². The molecule has 2 aliphatic rings. The third-order valence-electron chi connectivity index (χ3n) is 4.85. The van der Waals surface area contributed by atoms with Gasteiger partial charge in [0.2, 0.25) is 5.91 Å². The van der Waals surface area contributed by atoms with E-state index in [0.717, 1.165) is 25.5 Å². The maximum absolute atomic E-state index is 13.1. The fourth-order valence-electron chi connectivity index (χ4n) is 3.88. The Labute approximate surface area is 133 Å². The van der Waals surface area contributed by atoms with E-state index in [1.165, 1.54) is 31.5 Å². The molecule has 0 spiro atoms. The van der Waals surface area contributed by atoms with Crippen LogP contribution in [0, 0.1) is 23.6 Å². The van der Waals surface area contributed by atoms with E-state index in [1.807, 2.05) is 0 Å². The molecule has 5 nitrogen and oxygen atoms in total. The van der Waals surface area contributed by atoms with Crippen LogP contribution in [-0.4, -0.2) is 30.0 Å². The fourth-order valence-corrected chi connectivity index (χ4v) is 3.88. The maximum Gasteiger partial charge on any atom is 0.311 e. The van der Waals surface area contributed by atoms with Crippen molar-refractivity contribution in [1.29, 1.82) is 0 Å². The molecular formula is C17H19FN2O3. The number of ether oxygens (including phenoxy) is 1. The molecule has 0 aliphatic heterocycles. The first kappa shape index (κ1) is 15.6. The number of pyridine rings is 1. The second-order valence-corrected chi connectivity index (χ2v) is 6.19. The summed E-state index contributed by atoms with van der Waals surface area (Å²) in [6.45, 7) is 0. The van der Waals surface area contributed by atoms with Crippen LogP contribution in [0.1, 0.15) is 24.8 Å². The van der Waals surface area contributed by atoms with Crippen LogP contribution in [0.4, 0.5) is 4.39 Å². The molecule has 122 valence electrons. The molecule has 1 aromatic rings. The molecule has 6 heteroatoms. The van der Waals surface area contributed by atoms with Crippen LogP contribution in [-0.2, 0) is 14.3 Å². The van der Waals surface area contributed by atoms with Crippen molar-refractivity contribution in [2.75, 3.05) is 7.11 Å². The number of rotatable bonds is 4. The lowest BCUT2D eigenvalue weighted by molar-refractivity contribution is -0.148. The average Bonchev–Trinajstić information content (AvgIpc) is 3.13. The smallest absolute Gasteiger partial charge is 0.311 e. The van der Waals surface area contributed by atoms with E-state index < -0.39 is 5.82 Å². The summed E-state index contributed by atoms with van der Waals surface area (Å²) in [7, 11) is 1.38. The minimum Gasteiger partial charge on any atom is -0.469 e. The lowest BCUT2D eigenvalue weighted by atomic mass is 9.84. The SMILES string of the molecule is COC(=O)[C@@H]1[C@H]2CC[C@@H](C2)[C@H]1NC(=O)/C=C/c1cncc(F)c1. The highest BCUT2D eigenvalue weighted by Gasteiger charge is 2.51. The van der Waals surface area contributed by atoms with Gasteiger partial charge in [-0.05, 0) is 48.8 Å². The van der Waals surface area contributed by atoms with Crippen molar-refractivity contribution in [2.24, 2.45) is 17.8 Å². The summed E-state index contributed by atoms with van der Waals surface area (Å²) in [6, 6.07) is 1.12. The molecule has 2 saturated carbocycles. The van der Waals surface area contributed by atoms with E-state index in [2.05, 4.69) is 10.3 Å². The van der Waals surface area contributed by atoms with Crippen LogP contribution in [0.25, 0.3) is 6.08 Å². The van der Waals surface area contributed by atoms with Crippen molar-refractivity contribution in [2.45, 2.75) is 25.3 Å². The minimum atomic E-state index is -0.452. The molecule has 1 N–H and O–H groups in total. The van der Waals surface area contributed by atoms with Gasteiger partial charge in [-0.25, -0.2) is 4.39 Å². The summed E-state index contributed by atoms with van der Waals surface area (Å²) in [4.78, 5) is 27.8. The van der Waals surface area contributed by atoms with Crippen molar-refractivity contribution >= 4 is 18.0 Å². The molecule has 4 atom stereocenters. The van der Waals surface area contributed by atoms with E-state index >= 15 is 0 Å². The number of fused-ring (bicyclic) bond motifs is 2. The number of methoxy groups -OCH3 is 1. The zero-order chi connectivity index (χ0) is 16.4. The highest BCUT2D eigenvalue weighted by Crippen LogP contribution is 2.48. The third kappa shape index (κ3) is 3.25. The molecule has 0 radical (unpaired) electrons. The largest absolute Gasteiger partial charge is 0.469 e. The molecule has 1 aromatic heterocycles. The van der Waals surface area contributed by atoms with Crippen molar-refractivity contribution < 1.29 is 18.7 Å². The van der Waals surface area contributed by atoms with Crippen LogP contribution >= 0.6 is 0 Å². The number of hydrogen-bond acceptors (Lipinski definition) is 4. The van der Waals surface area contributed by atoms with Gasteiger partial charge in [-0.2, -0.15) is 0 Å². The first-order valence-corrected chi connectivity index (χ1v) is 7.75. The summed E-state index contributed by atoms with van der Waals surface area (Å²) in [6.07, 6.45) is 8.43. The number of nitrogens with zero attached hydrogens (tertiary/aromatic N) is 1. The lowest BCUT2D eigenvalue weighted by Gasteiger charge is -2.29. The fraction of sp³-hybridized carbons (Fsp3) is 0.471. The molecule has 3 rings (SSSR count). The Hall–Kier alpha value is -2.24. The normalized spacial score (nSPS) is 29.0. The van der Waals surface area contributed by atoms with E-state index in [1.54, 1.807) is 0 Å². The highest BCUT2D eigenvalue weighted by atomic mass is 19.1. The Balaban J connectivity index is 1.66. The molecule has 1 amide bonds. The minimum absolute atomic E-state index is 0.177. The van der Waals surface area contributed by atoms with E-state index in [0.29, 0.717) is 17.4 Å². The second-order valence-electron chi connectivity index (χ2n) is 6.19. The summed E-state index contributed by atoms with van der Waals surface area (Å²) in [5.41, 5.74) is 0.512. The van der Waals surface area contributed by atoms with Crippen LogP contribution in [0.3, 0.4) is 0 Å². The number of halogens is 1. The zero-order valence-corrected chi connectivity index (χ0v) is 12.9. The summed E-state index contributed by atoms with van der Waals surface area (Å²) in [5.74, 6) is -0.619. The Morgan fingerprint density at radius 3 is 2.87 bits per heavy atom. The summed E-state index contributed by atoms with van der Waals surface area (Å²) < 4.78 is 17.9. The van der Waals surface area contributed by atoms with E-state index in [4.69, 9.17) is 4.74 Å². The van der Waals surface area contributed by atoms with Gasteiger partial charge in [-0.1, -0.05) is 0 Å². The molecule has 0 unspecified atom stereocenters. The summed E-state index contributed by atoms with van der Waals surface area (Å²) >= 11 is 0. The molecule has 2 aliphatic carbocycles. The number of carbonyl (C=O) groups excluding carboxylic acids is 2. The summed E-state index contributed by atoms with van der Waals surface area (Å²) in [5, 5.41) is 2.92. The quantitative estimate of drug-likeness (QED) is 0.680. The van der Waals surface area contributed by atoms with Crippen LogP contribution in [0.15, 0.2) is 24.5 Å². The van der Waals surface area contributed by atoms with E-state index in [-0.39, 0.29) is 23.8 Å². The predicted molar refractivity (Wildman–Crippen MR) is 81.5 cm³/mol. The van der Waals surface area contributed by atoms with Gasteiger partial charge in [-0.15, -0.1) is 0 Å². The molecule has 2 fully saturated rings. The Morgan fingerprint density at radius 1 is 1.35 bits per heavy atom. The molecule has 2 bridgehead atoms. The Kier molecular flexibility index (Phi) is 4.41. The van der Waals surface area contributed by atoms with Crippen LogP contribution in [0.5, 0.6) is 0 Å². The maximum atomic E-state index is 13.1. The highest BCUT2D eigenvalue weighted by molar-refractivity contribution is 5.92. The number of aromatic nitrogens is 1. The van der Waals surface area contributed by atoms with Gasteiger partial charge in [-0.3, -0.25) is 14.6 Å². The molecule has 23 heavy (non-hydrogen) atoms. The number of amides is 1. The standard InChI is InChI=1S/C17H19FN2O3/c1-23-17(22)15-11-3-4-12(7-11)16(15)20-14(21)5-2-10-6-13(18)9-19-8-10/h2,5-6,8-9,11-12,15-16H,3-4,7H2,1H3,(H,20,21)/b5-2+/t11-,12-,15+,16+/m0/s1. The van der Waals surface area contributed by atoms with Gasteiger partial charge in [0.1, 0.15) is 5.82 Å². The van der Waals surface area contributed by atoms with E-state index in [9.17, 15) is 14.0 Å². The molecular weight excluding hydrogens is 299 g/mol. The van der Waals surface area contributed by atoms with Crippen molar-refractivity contribution in [3.05, 3.63) is 35.9 Å². The lowest BCUT2D eigenvalue weighted by Crippen LogP contribution is -2.46. The van der Waals surface area contributed by atoms with Gasteiger partial charge in [0.15, 0.2) is 0 Å². The zero-order valence-electron chi connectivity index (χ0n) is 12.9. The number of nitrogens with one attached hydrogen (secondary N) is 1. The number of carbonyl (C=O) groups is 2. The monoisotopic (exact) mass is 318 g/mol. The second kappa shape index (κ2) is 6.48. The molecule has 0 saturated heterocycles. The van der Waals surface area contributed by atoms with Crippen molar-refractivity contribution in [1.82, 2.24) is 10.3 Å². The number of esters is 1. The number of hydrogen-bond donors (Lipinski definition) is 1. The third-order valence-corrected chi connectivity index (χ3v) is 4.85. The molecule has 0 aromatic carbocycles. The molecule has 1 heterocycles. The first-order valence-electron chi connectivity index (χ1n) is 7.75. The average molecular weight is 318 g/mol. The van der Waals surface area contributed by atoms with Gasteiger partial charge in [0.25, 0.3) is 0 Å². The predicted octanol–water partition coefficient (Wildman–Crippen LogP) is 1.94. The van der Waals surface area contributed by atoms with Gasteiger partial charge < -0.3 is 10.1 Å².